The van der Waals surface area contributed by atoms with Crippen LogP contribution >= 0.6 is 0 Å². The van der Waals surface area contributed by atoms with Crippen LogP contribution in [0.1, 0.15) is 201 Å². The summed E-state index contributed by atoms with van der Waals surface area (Å²) >= 11 is 0. The van der Waals surface area contributed by atoms with Gasteiger partial charge in [0.05, 0.1) is 0 Å². The number of unbranched alkanes of at least 4 members (excludes halogenated alkanes) is 26. The Balaban J connectivity index is 0. The Bertz CT molecular complexity index is 291. The van der Waals surface area contributed by atoms with Gasteiger partial charge in [0.15, 0.2) is 0 Å². The molecule has 0 amide bonds. The fourth-order valence-corrected chi connectivity index (χ4v) is 4.57. The van der Waals surface area contributed by atoms with Crippen molar-refractivity contribution in [2.75, 3.05) is 0 Å². The molecule has 0 nitrogen and oxygen atoms in total. The summed E-state index contributed by atoms with van der Waals surface area (Å²) in [5.41, 5.74) is 0. The van der Waals surface area contributed by atoms with Crippen molar-refractivity contribution in [2.45, 2.75) is 201 Å². The third-order valence-electron chi connectivity index (χ3n) is 6.97. The van der Waals surface area contributed by atoms with Crippen LogP contribution in [0, 0.1) is 0 Å². The van der Waals surface area contributed by atoms with Crippen molar-refractivity contribution in [1.29, 1.82) is 0 Å². The van der Waals surface area contributed by atoms with Crippen LogP contribution in [0.4, 0.5) is 0 Å². The van der Waals surface area contributed by atoms with Crippen LogP contribution in [-0.4, -0.2) is 0 Å². The average molecular weight is 465 g/mol. The molecular formula is C33H68. The van der Waals surface area contributed by atoms with Crippen molar-refractivity contribution in [1.82, 2.24) is 0 Å². The van der Waals surface area contributed by atoms with Gasteiger partial charge in [-0.2, -0.15) is 0 Å². The van der Waals surface area contributed by atoms with E-state index in [0.29, 0.717) is 0 Å². The van der Waals surface area contributed by atoms with Gasteiger partial charge >= 0.3 is 0 Å². The van der Waals surface area contributed by atoms with Crippen molar-refractivity contribution < 1.29 is 0 Å². The minimum absolute atomic E-state index is 1.21. The van der Waals surface area contributed by atoms with Gasteiger partial charge < -0.3 is 0 Å². The normalized spacial score (nSPS) is 10.8. The van der Waals surface area contributed by atoms with Crippen molar-refractivity contribution in [2.24, 2.45) is 0 Å². The maximum atomic E-state index is 3.75. The Kier molecular flexibility index (Phi) is 38.4. The summed E-state index contributed by atoms with van der Waals surface area (Å²) in [6.07, 6.45) is 42.4. The molecule has 0 unspecified atom stereocenters. The van der Waals surface area contributed by atoms with Gasteiger partial charge in [-0.15, -0.1) is 6.58 Å². The molecule has 200 valence electrons. The second kappa shape index (κ2) is 36.3. The molecule has 0 aliphatic carbocycles. The summed E-state index contributed by atoms with van der Waals surface area (Å²) < 4.78 is 0. The van der Waals surface area contributed by atoms with E-state index in [2.05, 4.69) is 27.4 Å². The second-order valence-electron chi connectivity index (χ2n) is 10.6. The zero-order valence-electron chi connectivity index (χ0n) is 24.1. The first-order chi connectivity index (χ1) is 16.3. The molecule has 0 heterocycles. The Morgan fingerprint density at radius 1 is 0.303 bits per heavy atom. The SMILES string of the molecule is C=CCCCCCCCCCCCCCC.CCCCCCCCCCCCCCCCC. The molecule has 0 rings (SSSR count). The molecule has 0 bridgehead atoms. The van der Waals surface area contributed by atoms with Gasteiger partial charge in [0.25, 0.3) is 0 Å². The third kappa shape index (κ3) is 39.3. The number of hydrogen-bond acceptors (Lipinski definition) is 0. The maximum absolute atomic E-state index is 3.75. The molecule has 0 N–H and O–H groups in total. The first kappa shape index (κ1) is 34.9. The molecule has 0 atom stereocenters. The van der Waals surface area contributed by atoms with E-state index in [4.69, 9.17) is 0 Å². The molecule has 0 aromatic carbocycles. The van der Waals surface area contributed by atoms with Crippen molar-refractivity contribution in [3.8, 4) is 0 Å². The molecular weight excluding hydrogens is 396 g/mol. The summed E-state index contributed by atoms with van der Waals surface area (Å²) in [4.78, 5) is 0. The van der Waals surface area contributed by atoms with Gasteiger partial charge in [-0.25, -0.2) is 0 Å². The fourth-order valence-electron chi connectivity index (χ4n) is 4.57. The number of allylic oxidation sites excluding steroid dienone is 1. The predicted octanol–water partition coefficient (Wildman–Crippen LogP) is 13.1. The van der Waals surface area contributed by atoms with Crippen LogP contribution in [0.15, 0.2) is 12.7 Å². The molecule has 0 aliphatic heterocycles. The topological polar surface area (TPSA) is 0 Å². The quantitative estimate of drug-likeness (QED) is 0.0837. The molecule has 0 spiro atoms. The highest BCUT2D eigenvalue weighted by molar-refractivity contribution is 4.65. The summed E-state index contributed by atoms with van der Waals surface area (Å²) in [5, 5.41) is 0. The molecule has 0 aromatic rings. The smallest absolute Gasteiger partial charge is 0.0353 e. The van der Waals surface area contributed by atoms with E-state index in [1.165, 1.54) is 180 Å². The van der Waals surface area contributed by atoms with Crippen molar-refractivity contribution >= 4 is 0 Å². The van der Waals surface area contributed by atoms with Gasteiger partial charge in [0, 0.05) is 0 Å². The molecule has 33 heavy (non-hydrogen) atoms. The monoisotopic (exact) mass is 465 g/mol. The highest BCUT2D eigenvalue weighted by Gasteiger charge is 1.94. The zero-order chi connectivity index (χ0) is 24.5. The van der Waals surface area contributed by atoms with Gasteiger partial charge in [-0.1, -0.05) is 194 Å². The molecule has 0 aliphatic rings. The van der Waals surface area contributed by atoms with E-state index in [9.17, 15) is 0 Å². The Morgan fingerprint density at radius 3 is 0.667 bits per heavy atom. The maximum Gasteiger partial charge on any atom is -0.0353 e. The minimum Gasteiger partial charge on any atom is -0.103 e. The summed E-state index contributed by atoms with van der Waals surface area (Å²) in [6, 6.07) is 0. The minimum atomic E-state index is 1.21. The number of hydrogen-bond donors (Lipinski definition) is 0. The Hall–Kier alpha value is -0.260. The lowest BCUT2D eigenvalue weighted by atomic mass is 10.0. The van der Waals surface area contributed by atoms with Crippen molar-refractivity contribution in [3.05, 3.63) is 12.7 Å². The molecule has 0 heteroatoms. The van der Waals surface area contributed by atoms with Gasteiger partial charge in [0.1, 0.15) is 0 Å². The van der Waals surface area contributed by atoms with Crippen LogP contribution in [0.5, 0.6) is 0 Å². The zero-order valence-corrected chi connectivity index (χ0v) is 24.1. The van der Waals surface area contributed by atoms with Gasteiger partial charge in [0.2, 0.25) is 0 Å². The van der Waals surface area contributed by atoms with E-state index < -0.39 is 0 Å². The van der Waals surface area contributed by atoms with Crippen LogP contribution in [0.3, 0.4) is 0 Å². The van der Waals surface area contributed by atoms with E-state index in [1.54, 1.807) is 0 Å². The Labute approximate surface area is 213 Å². The third-order valence-corrected chi connectivity index (χ3v) is 6.97. The lowest BCUT2D eigenvalue weighted by Crippen LogP contribution is -1.82. The van der Waals surface area contributed by atoms with Crippen LogP contribution in [0.25, 0.3) is 0 Å². The lowest BCUT2D eigenvalue weighted by molar-refractivity contribution is 0.534. The second-order valence-corrected chi connectivity index (χ2v) is 10.6. The molecule has 0 fully saturated rings. The summed E-state index contributed by atoms with van der Waals surface area (Å²) in [6.45, 7) is 10.6. The summed E-state index contributed by atoms with van der Waals surface area (Å²) in [5.74, 6) is 0. The van der Waals surface area contributed by atoms with Crippen LogP contribution < -0.4 is 0 Å². The standard InChI is InChI=1S/C17H36.C16H32/c1-3-5-7-9-11-13-15-17-16-14-12-10-8-6-4-2;1-3-5-7-9-11-13-15-16-14-12-10-8-6-4-2/h3-17H2,1-2H3;3H,1,4-16H2,2H3. The predicted molar refractivity (Wildman–Crippen MR) is 156 cm³/mol. The van der Waals surface area contributed by atoms with E-state index in [1.807, 2.05) is 6.08 Å². The van der Waals surface area contributed by atoms with E-state index >= 15 is 0 Å². The van der Waals surface area contributed by atoms with Crippen molar-refractivity contribution in [3.63, 3.8) is 0 Å². The molecule has 0 radical (unpaired) electrons. The van der Waals surface area contributed by atoms with Gasteiger partial charge in [-0.05, 0) is 12.8 Å². The first-order valence-corrected chi connectivity index (χ1v) is 15.9. The van der Waals surface area contributed by atoms with Gasteiger partial charge in [-0.3, -0.25) is 0 Å². The van der Waals surface area contributed by atoms with Crippen LogP contribution in [-0.2, 0) is 0 Å². The molecule has 0 aromatic heterocycles. The van der Waals surface area contributed by atoms with E-state index in [0.717, 1.165) is 0 Å². The lowest BCUT2D eigenvalue weighted by Gasteiger charge is -2.02. The molecule has 0 saturated carbocycles. The van der Waals surface area contributed by atoms with E-state index in [-0.39, 0.29) is 0 Å². The average Bonchev–Trinajstić information content (AvgIpc) is 2.83. The Morgan fingerprint density at radius 2 is 0.485 bits per heavy atom. The highest BCUT2D eigenvalue weighted by Crippen LogP contribution is 2.14. The molecule has 0 saturated heterocycles. The fraction of sp³-hybridized carbons (Fsp3) is 0.939. The number of rotatable bonds is 27. The first-order valence-electron chi connectivity index (χ1n) is 15.9. The summed E-state index contributed by atoms with van der Waals surface area (Å²) in [7, 11) is 0. The largest absolute Gasteiger partial charge is 0.103 e. The highest BCUT2D eigenvalue weighted by atomic mass is 14.0. The van der Waals surface area contributed by atoms with Crippen LogP contribution in [0.2, 0.25) is 0 Å².